The lowest BCUT2D eigenvalue weighted by molar-refractivity contribution is -0.115. The molecule has 0 bridgehead atoms. The van der Waals surface area contributed by atoms with E-state index in [1.165, 1.54) is 23.5 Å². The summed E-state index contributed by atoms with van der Waals surface area (Å²) >= 11 is 1.44. The number of anilines is 1. The van der Waals surface area contributed by atoms with Crippen molar-refractivity contribution in [2.24, 2.45) is 0 Å². The number of carbonyl (C=O) groups excluding carboxylic acids is 1. The molecular weight excluding hydrogens is 326 g/mol. The second-order valence-corrected chi connectivity index (χ2v) is 5.82. The molecule has 2 aromatic heterocycles. The van der Waals surface area contributed by atoms with Gasteiger partial charge in [0.1, 0.15) is 5.01 Å². The highest BCUT2D eigenvalue weighted by molar-refractivity contribution is 7.13. The molecule has 2 N–H and O–H groups in total. The first-order valence-electron chi connectivity index (χ1n) is 7.11. The number of amides is 1. The van der Waals surface area contributed by atoms with E-state index < -0.39 is 5.97 Å². The van der Waals surface area contributed by atoms with Crippen molar-refractivity contribution in [3.8, 4) is 10.7 Å². The van der Waals surface area contributed by atoms with Crippen LogP contribution in [0.25, 0.3) is 10.7 Å². The van der Waals surface area contributed by atoms with Gasteiger partial charge in [-0.05, 0) is 36.4 Å². The van der Waals surface area contributed by atoms with Gasteiger partial charge in [0.15, 0.2) is 0 Å². The first-order chi connectivity index (χ1) is 11.6. The molecule has 120 valence electrons. The van der Waals surface area contributed by atoms with E-state index in [4.69, 9.17) is 5.11 Å². The van der Waals surface area contributed by atoms with Gasteiger partial charge in [-0.3, -0.25) is 9.78 Å². The Morgan fingerprint density at radius 3 is 2.58 bits per heavy atom. The molecule has 1 amide bonds. The summed E-state index contributed by atoms with van der Waals surface area (Å²) in [6.45, 7) is 0. The van der Waals surface area contributed by atoms with Crippen molar-refractivity contribution in [2.45, 2.75) is 6.42 Å². The minimum absolute atomic E-state index is 0.143. The van der Waals surface area contributed by atoms with Gasteiger partial charge in [-0.15, -0.1) is 11.3 Å². The summed E-state index contributed by atoms with van der Waals surface area (Å²) in [7, 11) is 0. The Balaban J connectivity index is 1.63. The Hall–Kier alpha value is -3.06. The molecule has 0 fully saturated rings. The predicted molar refractivity (Wildman–Crippen MR) is 91.1 cm³/mol. The number of carbonyl (C=O) groups is 2. The van der Waals surface area contributed by atoms with Crippen LogP contribution in [0.4, 0.5) is 5.69 Å². The van der Waals surface area contributed by atoms with E-state index in [-0.39, 0.29) is 17.9 Å². The number of nitrogens with zero attached hydrogens (tertiary/aromatic N) is 2. The Labute approximate surface area is 141 Å². The summed E-state index contributed by atoms with van der Waals surface area (Å²) in [4.78, 5) is 31.5. The summed E-state index contributed by atoms with van der Waals surface area (Å²) in [5.74, 6) is -1.21. The van der Waals surface area contributed by atoms with Gasteiger partial charge < -0.3 is 10.4 Å². The quantitative estimate of drug-likeness (QED) is 0.745. The molecule has 6 nitrogen and oxygen atoms in total. The number of thiazole rings is 1. The minimum atomic E-state index is -1.00. The van der Waals surface area contributed by atoms with E-state index in [9.17, 15) is 9.59 Å². The number of pyridine rings is 1. The van der Waals surface area contributed by atoms with Gasteiger partial charge in [0.05, 0.1) is 23.4 Å². The van der Waals surface area contributed by atoms with E-state index in [0.29, 0.717) is 11.4 Å². The minimum Gasteiger partial charge on any atom is -0.478 e. The molecule has 0 saturated carbocycles. The Kier molecular flexibility index (Phi) is 4.62. The zero-order valence-corrected chi connectivity index (χ0v) is 13.3. The van der Waals surface area contributed by atoms with Crippen LogP contribution in [0, 0.1) is 0 Å². The zero-order chi connectivity index (χ0) is 16.9. The van der Waals surface area contributed by atoms with E-state index in [1.807, 2.05) is 23.6 Å². The van der Waals surface area contributed by atoms with Crippen molar-refractivity contribution in [3.63, 3.8) is 0 Å². The molecule has 0 atom stereocenters. The van der Waals surface area contributed by atoms with Gasteiger partial charge in [-0.2, -0.15) is 0 Å². The third-order valence-electron chi connectivity index (χ3n) is 3.19. The Morgan fingerprint density at radius 1 is 1.12 bits per heavy atom. The van der Waals surface area contributed by atoms with Crippen LogP contribution >= 0.6 is 11.3 Å². The number of carboxylic acids is 1. The fourth-order valence-corrected chi connectivity index (χ4v) is 2.86. The molecule has 0 unspecified atom stereocenters. The number of hydrogen-bond acceptors (Lipinski definition) is 5. The molecule has 0 radical (unpaired) electrons. The normalized spacial score (nSPS) is 10.3. The number of hydrogen-bond donors (Lipinski definition) is 2. The SMILES string of the molecule is O=C(Cc1csc(-c2ccccn2)n1)Nc1ccc(C(=O)O)cc1. The lowest BCUT2D eigenvalue weighted by Crippen LogP contribution is -2.14. The number of aromatic nitrogens is 2. The highest BCUT2D eigenvalue weighted by Crippen LogP contribution is 2.21. The standard InChI is InChI=1S/C17H13N3O3S/c21-15(19-12-6-4-11(5-7-12)17(22)23)9-13-10-24-16(20-13)14-3-1-2-8-18-14/h1-8,10H,9H2,(H,19,21)(H,22,23). The van der Waals surface area contributed by atoms with Crippen LogP contribution in [0.15, 0.2) is 54.0 Å². The zero-order valence-electron chi connectivity index (χ0n) is 12.5. The topological polar surface area (TPSA) is 92.2 Å². The van der Waals surface area contributed by atoms with Crippen molar-refractivity contribution in [1.29, 1.82) is 0 Å². The number of aromatic carboxylic acids is 1. The molecule has 3 aromatic rings. The van der Waals surface area contributed by atoms with Crippen LogP contribution in [0.3, 0.4) is 0 Å². The van der Waals surface area contributed by atoms with E-state index in [1.54, 1.807) is 18.3 Å². The van der Waals surface area contributed by atoms with Crippen LogP contribution in [0.5, 0.6) is 0 Å². The fourth-order valence-electron chi connectivity index (χ4n) is 2.06. The van der Waals surface area contributed by atoms with Crippen LogP contribution in [0.1, 0.15) is 16.1 Å². The summed E-state index contributed by atoms with van der Waals surface area (Å²) in [5.41, 5.74) is 2.16. The summed E-state index contributed by atoms with van der Waals surface area (Å²) in [5, 5.41) is 14.2. The van der Waals surface area contributed by atoms with Gasteiger partial charge >= 0.3 is 5.97 Å². The molecule has 3 rings (SSSR count). The van der Waals surface area contributed by atoms with E-state index >= 15 is 0 Å². The number of benzene rings is 1. The van der Waals surface area contributed by atoms with Gasteiger partial charge in [0.2, 0.25) is 5.91 Å². The number of rotatable bonds is 5. The molecular formula is C17H13N3O3S. The molecule has 1 aromatic carbocycles. The Bertz CT molecular complexity index is 860. The Morgan fingerprint density at radius 2 is 1.92 bits per heavy atom. The third kappa shape index (κ3) is 3.82. The summed E-state index contributed by atoms with van der Waals surface area (Å²) in [6, 6.07) is 11.6. The lowest BCUT2D eigenvalue weighted by Gasteiger charge is -2.04. The maximum Gasteiger partial charge on any atom is 0.335 e. The largest absolute Gasteiger partial charge is 0.478 e. The van der Waals surface area contributed by atoms with Crippen molar-refractivity contribution < 1.29 is 14.7 Å². The molecule has 7 heteroatoms. The summed E-state index contributed by atoms with van der Waals surface area (Å²) < 4.78 is 0. The number of carboxylic acid groups (broad SMARTS) is 1. The second kappa shape index (κ2) is 7.01. The van der Waals surface area contributed by atoms with Crippen LogP contribution in [0.2, 0.25) is 0 Å². The number of nitrogens with one attached hydrogen (secondary N) is 1. The van der Waals surface area contributed by atoms with Crippen molar-refractivity contribution in [3.05, 3.63) is 65.3 Å². The molecule has 0 spiro atoms. The highest BCUT2D eigenvalue weighted by atomic mass is 32.1. The van der Waals surface area contributed by atoms with E-state index in [2.05, 4.69) is 15.3 Å². The lowest BCUT2D eigenvalue weighted by atomic mass is 10.2. The van der Waals surface area contributed by atoms with Gasteiger partial charge in [-0.25, -0.2) is 9.78 Å². The van der Waals surface area contributed by atoms with Crippen molar-refractivity contribution in [2.75, 3.05) is 5.32 Å². The maximum atomic E-state index is 12.1. The maximum absolute atomic E-state index is 12.1. The highest BCUT2D eigenvalue weighted by Gasteiger charge is 2.10. The van der Waals surface area contributed by atoms with Crippen LogP contribution in [-0.2, 0) is 11.2 Å². The summed E-state index contributed by atoms with van der Waals surface area (Å²) in [6.07, 6.45) is 1.84. The van der Waals surface area contributed by atoms with Gasteiger partial charge in [0, 0.05) is 17.3 Å². The molecule has 2 heterocycles. The van der Waals surface area contributed by atoms with Crippen LogP contribution in [-0.4, -0.2) is 27.0 Å². The smallest absolute Gasteiger partial charge is 0.335 e. The van der Waals surface area contributed by atoms with Crippen LogP contribution < -0.4 is 5.32 Å². The molecule has 24 heavy (non-hydrogen) atoms. The average Bonchev–Trinajstić information content (AvgIpc) is 3.04. The second-order valence-electron chi connectivity index (χ2n) is 4.97. The van der Waals surface area contributed by atoms with Crippen molar-refractivity contribution >= 4 is 28.9 Å². The fraction of sp³-hybridized carbons (Fsp3) is 0.0588. The monoisotopic (exact) mass is 339 g/mol. The predicted octanol–water partition coefficient (Wildman–Crippen LogP) is 3.08. The van der Waals surface area contributed by atoms with Crippen molar-refractivity contribution in [1.82, 2.24) is 9.97 Å². The first-order valence-corrected chi connectivity index (χ1v) is 7.99. The molecule has 0 aliphatic carbocycles. The van der Waals surface area contributed by atoms with Gasteiger partial charge in [-0.1, -0.05) is 6.07 Å². The molecule has 0 aliphatic rings. The molecule has 0 saturated heterocycles. The van der Waals surface area contributed by atoms with E-state index in [0.717, 1.165) is 10.7 Å². The average molecular weight is 339 g/mol. The molecule has 0 aliphatic heterocycles. The first kappa shape index (κ1) is 15.8. The van der Waals surface area contributed by atoms with Gasteiger partial charge in [0.25, 0.3) is 0 Å². The third-order valence-corrected chi connectivity index (χ3v) is 4.11.